The molecule has 0 spiro atoms. The Morgan fingerprint density at radius 1 is 1.50 bits per heavy atom. The van der Waals surface area contributed by atoms with Gasteiger partial charge in [0.1, 0.15) is 5.69 Å². The summed E-state index contributed by atoms with van der Waals surface area (Å²) in [5.41, 5.74) is 0.632. The van der Waals surface area contributed by atoms with E-state index in [2.05, 4.69) is 0 Å². The Morgan fingerprint density at radius 3 is 2.56 bits per heavy atom. The Bertz CT molecular complexity index is 406. The normalized spacial score (nSPS) is 12.4. The molecule has 1 aromatic heterocycles. The molecule has 16 heavy (non-hydrogen) atoms. The lowest BCUT2D eigenvalue weighted by Gasteiger charge is -2.05. The molecule has 1 unspecified atom stereocenters. The van der Waals surface area contributed by atoms with Crippen LogP contribution in [-0.4, -0.2) is 21.4 Å². The number of aromatic carboxylic acids is 1. The predicted molar refractivity (Wildman–Crippen MR) is 60.8 cm³/mol. The first-order valence-electron chi connectivity index (χ1n) is 5.38. The summed E-state index contributed by atoms with van der Waals surface area (Å²) in [7, 11) is 1.63. The van der Waals surface area contributed by atoms with E-state index in [1.165, 1.54) is 10.6 Å². The van der Waals surface area contributed by atoms with Crippen LogP contribution in [0.25, 0.3) is 0 Å². The minimum atomic E-state index is -1.01. The molecule has 1 atom stereocenters. The van der Waals surface area contributed by atoms with Crippen molar-refractivity contribution in [3.8, 4) is 0 Å². The number of carbonyl (C=O) groups excluding carboxylic acids is 1. The number of hydrogen-bond acceptors (Lipinski definition) is 2. The quantitative estimate of drug-likeness (QED) is 0.779. The summed E-state index contributed by atoms with van der Waals surface area (Å²) >= 11 is 0. The molecule has 4 heteroatoms. The maximum absolute atomic E-state index is 11.8. The molecule has 1 aromatic rings. The van der Waals surface area contributed by atoms with Gasteiger partial charge in [0.2, 0.25) is 0 Å². The van der Waals surface area contributed by atoms with Crippen molar-refractivity contribution in [1.82, 2.24) is 4.57 Å². The lowest BCUT2D eigenvalue weighted by Crippen LogP contribution is -2.04. The number of carboxylic acids is 1. The maximum atomic E-state index is 11.8. The molecular weight excluding hydrogens is 206 g/mol. The smallest absolute Gasteiger partial charge is 0.352 e. The van der Waals surface area contributed by atoms with Gasteiger partial charge in [0.05, 0.1) is 0 Å². The topological polar surface area (TPSA) is 59.3 Å². The van der Waals surface area contributed by atoms with Crippen LogP contribution < -0.4 is 0 Å². The van der Waals surface area contributed by atoms with Crippen molar-refractivity contribution in [2.45, 2.75) is 26.7 Å². The molecule has 1 rings (SSSR count). The van der Waals surface area contributed by atoms with E-state index in [-0.39, 0.29) is 11.5 Å². The fourth-order valence-corrected chi connectivity index (χ4v) is 1.51. The number of Topliss-reactive ketones (excluding diaryl/α,β-unsaturated/α-hetero) is 1. The van der Waals surface area contributed by atoms with E-state index in [4.69, 9.17) is 5.11 Å². The molecule has 0 bridgehead atoms. The molecule has 4 nitrogen and oxygen atoms in total. The van der Waals surface area contributed by atoms with Gasteiger partial charge in [-0.15, -0.1) is 0 Å². The van der Waals surface area contributed by atoms with Crippen molar-refractivity contribution in [1.29, 1.82) is 0 Å². The number of aryl methyl sites for hydroxylation is 1. The van der Waals surface area contributed by atoms with Gasteiger partial charge >= 0.3 is 5.97 Å². The highest BCUT2D eigenvalue weighted by Crippen LogP contribution is 2.14. The lowest BCUT2D eigenvalue weighted by atomic mass is 9.99. The van der Waals surface area contributed by atoms with Gasteiger partial charge in [-0.3, -0.25) is 4.79 Å². The van der Waals surface area contributed by atoms with E-state index in [9.17, 15) is 9.59 Å². The largest absolute Gasteiger partial charge is 0.477 e. The van der Waals surface area contributed by atoms with Crippen LogP contribution in [0.3, 0.4) is 0 Å². The number of rotatable bonds is 5. The van der Waals surface area contributed by atoms with E-state index in [0.717, 1.165) is 6.42 Å². The Morgan fingerprint density at radius 2 is 2.12 bits per heavy atom. The van der Waals surface area contributed by atoms with Gasteiger partial charge in [-0.25, -0.2) is 4.79 Å². The van der Waals surface area contributed by atoms with Crippen molar-refractivity contribution in [2.24, 2.45) is 13.0 Å². The highest BCUT2D eigenvalue weighted by Gasteiger charge is 2.16. The molecule has 1 heterocycles. The first-order valence-corrected chi connectivity index (χ1v) is 5.38. The van der Waals surface area contributed by atoms with E-state index >= 15 is 0 Å². The van der Waals surface area contributed by atoms with Crippen molar-refractivity contribution < 1.29 is 14.7 Å². The number of hydrogen-bond donors (Lipinski definition) is 1. The average molecular weight is 223 g/mol. The van der Waals surface area contributed by atoms with Crippen molar-refractivity contribution in [3.05, 3.63) is 23.5 Å². The SMILES string of the molecule is CCC(C)CC(=O)c1cc(C(=O)O)n(C)c1. The summed E-state index contributed by atoms with van der Waals surface area (Å²) in [5.74, 6) is -0.663. The summed E-state index contributed by atoms with van der Waals surface area (Å²) in [6.45, 7) is 4.05. The van der Waals surface area contributed by atoms with Crippen LogP contribution in [-0.2, 0) is 7.05 Å². The Balaban J connectivity index is 2.85. The van der Waals surface area contributed by atoms with Crippen LogP contribution in [0.4, 0.5) is 0 Å². The second kappa shape index (κ2) is 4.96. The molecular formula is C12H17NO3. The zero-order valence-corrected chi connectivity index (χ0v) is 9.86. The molecule has 0 aliphatic rings. The van der Waals surface area contributed by atoms with Crippen LogP contribution >= 0.6 is 0 Å². The van der Waals surface area contributed by atoms with Gasteiger partial charge in [-0.05, 0) is 12.0 Å². The number of carbonyl (C=O) groups is 2. The average Bonchev–Trinajstić information content (AvgIpc) is 2.60. The summed E-state index contributed by atoms with van der Waals surface area (Å²) in [6, 6.07) is 1.44. The molecule has 0 aromatic carbocycles. The molecule has 0 aliphatic heterocycles. The standard InChI is InChI=1S/C12H17NO3/c1-4-8(2)5-11(14)9-6-10(12(15)16)13(3)7-9/h6-8H,4-5H2,1-3H3,(H,15,16). The van der Waals surface area contributed by atoms with Crippen LogP contribution in [0.5, 0.6) is 0 Å². The minimum Gasteiger partial charge on any atom is -0.477 e. The minimum absolute atomic E-state index is 0.0115. The van der Waals surface area contributed by atoms with Gasteiger partial charge in [-0.1, -0.05) is 20.3 Å². The van der Waals surface area contributed by atoms with E-state index in [1.54, 1.807) is 13.2 Å². The lowest BCUT2D eigenvalue weighted by molar-refractivity contribution is 0.0686. The van der Waals surface area contributed by atoms with Gasteiger partial charge in [0.15, 0.2) is 5.78 Å². The van der Waals surface area contributed by atoms with Crippen molar-refractivity contribution in [3.63, 3.8) is 0 Å². The van der Waals surface area contributed by atoms with Crippen LogP contribution in [0.2, 0.25) is 0 Å². The molecule has 88 valence electrons. The molecule has 0 aliphatic carbocycles. The van der Waals surface area contributed by atoms with Gasteiger partial charge in [0, 0.05) is 25.2 Å². The van der Waals surface area contributed by atoms with Crippen molar-refractivity contribution >= 4 is 11.8 Å². The number of nitrogens with zero attached hydrogens (tertiary/aromatic N) is 1. The Labute approximate surface area is 94.9 Å². The number of carboxylic acid groups (broad SMARTS) is 1. The molecule has 0 amide bonds. The molecule has 0 fully saturated rings. The summed E-state index contributed by atoms with van der Waals surface area (Å²) in [4.78, 5) is 22.6. The third-order valence-corrected chi connectivity index (χ3v) is 2.78. The summed E-state index contributed by atoms with van der Waals surface area (Å²) in [5, 5.41) is 8.86. The molecule has 0 saturated carbocycles. The van der Waals surface area contributed by atoms with E-state index in [1.807, 2.05) is 13.8 Å². The first-order chi connectivity index (χ1) is 7.45. The van der Waals surface area contributed by atoms with Crippen LogP contribution in [0.15, 0.2) is 12.3 Å². The highest BCUT2D eigenvalue weighted by molar-refractivity contribution is 5.98. The van der Waals surface area contributed by atoms with E-state index < -0.39 is 5.97 Å². The zero-order chi connectivity index (χ0) is 12.3. The Kier molecular flexibility index (Phi) is 3.88. The predicted octanol–water partition coefficient (Wildman–Crippen LogP) is 2.34. The fourth-order valence-electron chi connectivity index (χ4n) is 1.51. The third-order valence-electron chi connectivity index (χ3n) is 2.78. The third kappa shape index (κ3) is 2.72. The monoisotopic (exact) mass is 223 g/mol. The molecule has 1 N–H and O–H groups in total. The zero-order valence-electron chi connectivity index (χ0n) is 9.86. The van der Waals surface area contributed by atoms with Crippen molar-refractivity contribution in [2.75, 3.05) is 0 Å². The molecule has 0 radical (unpaired) electrons. The second-order valence-corrected chi connectivity index (χ2v) is 4.17. The van der Waals surface area contributed by atoms with Crippen LogP contribution in [0.1, 0.15) is 47.5 Å². The molecule has 0 saturated heterocycles. The van der Waals surface area contributed by atoms with Crippen LogP contribution in [0, 0.1) is 5.92 Å². The number of ketones is 1. The number of aromatic nitrogens is 1. The first kappa shape index (κ1) is 12.5. The maximum Gasteiger partial charge on any atom is 0.352 e. The summed E-state index contributed by atoms with van der Waals surface area (Å²) < 4.78 is 1.46. The van der Waals surface area contributed by atoms with Gasteiger partial charge < -0.3 is 9.67 Å². The second-order valence-electron chi connectivity index (χ2n) is 4.17. The summed E-state index contributed by atoms with van der Waals surface area (Å²) in [6.07, 6.45) is 3.00. The fraction of sp³-hybridized carbons (Fsp3) is 0.500. The Hall–Kier alpha value is -1.58. The van der Waals surface area contributed by atoms with Gasteiger partial charge in [-0.2, -0.15) is 0 Å². The van der Waals surface area contributed by atoms with E-state index in [0.29, 0.717) is 17.9 Å². The van der Waals surface area contributed by atoms with Gasteiger partial charge in [0.25, 0.3) is 0 Å². The highest BCUT2D eigenvalue weighted by atomic mass is 16.4.